The van der Waals surface area contributed by atoms with Crippen molar-refractivity contribution in [3.63, 3.8) is 0 Å². The van der Waals surface area contributed by atoms with Crippen molar-refractivity contribution in [3.05, 3.63) is 16.3 Å². The predicted octanol–water partition coefficient (Wildman–Crippen LogP) is 0.219. The van der Waals surface area contributed by atoms with Crippen molar-refractivity contribution in [2.45, 2.75) is 24.9 Å². The first kappa shape index (κ1) is 8.95. The summed E-state index contributed by atoms with van der Waals surface area (Å²) in [6.07, 6.45) is 3.12. The van der Waals surface area contributed by atoms with Crippen molar-refractivity contribution >= 4 is 11.5 Å². The third-order valence-electron chi connectivity index (χ3n) is 2.34. The number of nitrogens with one attached hydrogen (secondary N) is 2. The number of nitrogens with two attached hydrogens (primary N) is 1. The Kier molecular flexibility index (Phi) is 2.08. The molecular weight excluding hydrogens is 186 g/mol. The van der Waals surface area contributed by atoms with Crippen LogP contribution in [0.3, 0.4) is 0 Å². The van der Waals surface area contributed by atoms with E-state index < -0.39 is 4.92 Å². The minimum absolute atomic E-state index is 0.0922. The Labute approximate surface area is 79.8 Å². The third-order valence-corrected chi connectivity index (χ3v) is 2.34. The molecule has 7 nitrogen and oxygen atoms in total. The van der Waals surface area contributed by atoms with Gasteiger partial charge in [0, 0.05) is 12.1 Å². The van der Waals surface area contributed by atoms with Gasteiger partial charge < -0.3 is 21.2 Å². The van der Waals surface area contributed by atoms with Crippen LogP contribution in [0.15, 0.2) is 6.20 Å². The van der Waals surface area contributed by atoms with Crippen LogP contribution in [0.5, 0.6) is 0 Å². The zero-order chi connectivity index (χ0) is 10.1. The molecule has 0 saturated heterocycles. The minimum atomic E-state index is -0.492. The molecule has 0 bridgehead atoms. The minimum Gasteiger partial charge on any atom is -0.374 e. The average Bonchev–Trinajstić information content (AvgIpc) is 2.49. The van der Waals surface area contributed by atoms with Crippen LogP contribution in [0, 0.1) is 10.1 Å². The first-order valence-electron chi connectivity index (χ1n) is 4.36. The van der Waals surface area contributed by atoms with Crippen LogP contribution in [0.4, 0.5) is 11.5 Å². The van der Waals surface area contributed by atoms with Gasteiger partial charge in [0.05, 0.1) is 0 Å². The molecule has 1 aromatic heterocycles. The molecule has 0 spiro atoms. The van der Waals surface area contributed by atoms with Gasteiger partial charge in [0.25, 0.3) is 0 Å². The quantitative estimate of drug-likeness (QED) is 0.474. The Balaban J connectivity index is 2.02. The molecule has 0 radical (unpaired) electrons. The van der Waals surface area contributed by atoms with Gasteiger partial charge in [-0.1, -0.05) is 5.10 Å². The van der Waals surface area contributed by atoms with E-state index in [1.54, 1.807) is 0 Å². The molecule has 1 fully saturated rings. The van der Waals surface area contributed by atoms with Crippen molar-refractivity contribution < 1.29 is 4.92 Å². The summed E-state index contributed by atoms with van der Waals surface area (Å²) in [5.74, 6) is -0.0922. The Morgan fingerprint density at radius 2 is 2.43 bits per heavy atom. The standard InChI is InChI=1S/C7H11N5O2/c8-4-1-5(2-4)10-6-3-9-11-7(6)12(13)14/h3-5,10H,1-2,8H2,(H,9,11). The number of nitro groups is 1. The van der Waals surface area contributed by atoms with Gasteiger partial charge in [-0.3, -0.25) is 0 Å². The molecule has 1 saturated carbocycles. The van der Waals surface area contributed by atoms with Gasteiger partial charge in [0.2, 0.25) is 0 Å². The van der Waals surface area contributed by atoms with E-state index in [4.69, 9.17) is 5.73 Å². The number of rotatable bonds is 3. The molecule has 1 aromatic rings. The smallest absolute Gasteiger partial charge is 0.366 e. The Morgan fingerprint density at radius 3 is 3.00 bits per heavy atom. The predicted molar refractivity (Wildman–Crippen MR) is 49.9 cm³/mol. The SMILES string of the molecule is NC1CC(Nc2cn[nH]c2[N+](=O)[O-])C1. The Bertz CT molecular complexity index is 344. The zero-order valence-corrected chi connectivity index (χ0v) is 7.43. The highest BCUT2D eigenvalue weighted by Crippen LogP contribution is 2.26. The van der Waals surface area contributed by atoms with Gasteiger partial charge in [-0.15, -0.1) is 5.10 Å². The van der Waals surface area contributed by atoms with Gasteiger partial charge in [-0.2, -0.15) is 0 Å². The van der Waals surface area contributed by atoms with Crippen LogP contribution in [0.2, 0.25) is 0 Å². The molecule has 14 heavy (non-hydrogen) atoms. The highest BCUT2D eigenvalue weighted by molar-refractivity contribution is 5.56. The van der Waals surface area contributed by atoms with Crippen molar-refractivity contribution in [2.24, 2.45) is 5.73 Å². The molecule has 0 unspecified atom stereocenters. The molecular formula is C7H11N5O2. The molecule has 0 aliphatic heterocycles. The van der Waals surface area contributed by atoms with Gasteiger partial charge in [-0.05, 0) is 17.8 Å². The summed E-state index contributed by atoms with van der Waals surface area (Å²) in [6.45, 7) is 0. The number of anilines is 1. The number of hydrogen-bond donors (Lipinski definition) is 3. The number of aromatic amines is 1. The molecule has 1 heterocycles. The second kappa shape index (κ2) is 3.26. The van der Waals surface area contributed by atoms with Gasteiger partial charge >= 0.3 is 5.82 Å². The molecule has 2 rings (SSSR count). The molecule has 0 aromatic carbocycles. The van der Waals surface area contributed by atoms with Crippen LogP contribution in [0.1, 0.15) is 12.8 Å². The maximum Gasteiger partial charge on any atom is 0.366 e. The highest BCUT2D eigenvalue weighted by atomic mass is 16.6. The molecule has 1 aliphatic carbocycles. The molecule has 0 amide bonds. The average molecular weight is 197 g/mol. The normalized spacial score (nSPS) is 25.5. The van der Waals surface area contributed by atoms with Gasteiger partial charge in [0.1, 0.15) is 6.20 Å². The number of hydrogen-bond acceptors (Lipinski definition) is 5. The third kappa shape index (κ3) is 1.53. The van der Waals surface area contributed by atoms with Crippen molar-refractivity contribution in [2.75, 3.05) is 5.32 Å². The topological polar surface area (TPSA) is 110 Å². The van der Waals surface area contributed by atoms with Crippen LogP contribution in [-0.4, -0.2) is 27.2 Å². The number of aromatic nitrogens is 2. The lowest BCUT2D eigenvalue weighted by molar-refractivity contribution is -0.388. The maximum atomic E-state index is 10.5. The second-order valence-corrected chi connectivity index (χ2v) is 3.46. The maximum absolute atomic E-state index is 10.5. The Hall–Kier alpha value is -1.63. The lowest BCUT2D eigenvalue weighted by Crippen LogP contribution is -2.44. The van der Waals surface area contributed by atoms with E-state index in [1.165, 1.54) is 6.20 Å². The fraction of sp³-hybridized carbons (Fsp3) is 0.571. The number of nitrogens with zero attached hydrogens (tertiary/aromatic N) is 2. The van der Waals surface area contributed by atoms with Crippen LogP contribution >= 0.6 is 0 Å². The largest absolute Gasteiger partial charge is 0.374 e. The summed E-state index contributed by atoms with van der Waals surface area (Å²) in [5.41, 5.74) is 6.04. The first-order chi connectivity index (χ1) is 6.66. The molecule has 76 valence electrons. The van der Waals surface area contributed by atoms with Crippen molar-refractivity contribution in [1.29, 1.82) is 0 Å². The van der Waals surface area contributed by atoms with E-state index in [1.807, 2.05) is 0 Å². The first-order valence-corrected chi connectivity index (χ1v) is 4.36. The van der Waals surface area contributed by atoms with Crippen LogP contribution in [0.25, 0.3) is 0 Å². The summed E-state index contributed by atoms with van der Waals surface area (Å²) in [5, 5.41) is 19.5. The Morgan fingerprint density at radius 1 is 1.71 bits per heavy atom. The highest BCUT2D eigenvalue weighted by Gasteiger charge is 2.28. The molecule has 1 aliphatic rings. The van der Waals surface area contributed by atoms with Gasteiger partial charge in [-0.25, -0.2) is 0 Å². The van der Waals surface area contributed by atoms with E-state index >= 15 is 0 Å². The molecule has 7 heteroatoms. The fourth-order valence-electron chi connectivity index (χ4n) is 1.52. The monoisotopic (exact) mass is 197 g/mol. The van der Waals surface area contributed by atoms with Crippen LogP contribution in [-0.2, 0) is 0 Å². The summed E-state index contributed by atoms with van der Waals surface area (Å²) in [7, 11) is 0. The lowest BCUT2D eigenvalue weighted by atomic mass is 9.87. The van der Waals surface area contributed by atoms with Crippen molar-refractivity contribution in [3.8, 4) is 0 Å². The second-order valence-electron chi connectivity index (χ2n) is 3.46. The van der Waals surface area contributed by atoms with Crippen LogP contribution < -0.4 is 11.1 Å². The molecule has 4 N–H and O–H groups in total. The summed E-state index contributed by atoms with van der Waals surface area (Å²) in [6, 6.07) is 0.458. The molecule has 0 atom stereocenters. The summed E-state index contributed by atoms with van der Waals surface area (Å²) in [4.78, 5) is 10.0. The van der Waals surface area contributed by atoms with E-state index in [-0.39, 0.29) is 17.9 Å². The van der Waals surface area contributed by atoms with Gasteiger partial charge in [0.15, 0.2) is 5.69 Å². The summed E-state index contributed by atoms with van der Waals surface area (Å²) < 4.78 is 0. The van der Waals surface area contributed by atoms with E-state index in [0.29, 0.717) is 5.69 Å². The fourth-order valence-corrected chi connectivity index (χ4v) is 1.52. The number of H-pyrrole nitrogens is 1. The van der Waals surface area contributed by atoms with Crippen molar-refractivity contribution in [1.82, 2.24) is 10.2 Å². The van der Waals surface area contributed by atoms with E-state index in [2.05, 4.69) is 15.5 Å². The lowest BCUT2D eigenvalue weighted by Gasteiger charge is -2.32. The van der Waals surface area contributed by atoms with E-state index in [9.17, 15) is 10.1 Å². The zero-order valence-electron chi connectivity index (χ0n) is 7.43. The summed E-state index contributed by atoms with van der Waals surface area (Å²) >= 11 is 0. The van der Waals surface area contributed by atoms with E-state index in [0.717, 1.165) is 12.8 Å².